The summed E-state index contributed by atoms with van der Waals surface area (Å²) in [4.78, 5) is 24.2. The number of hydrogen-bond donors (Lipinski definition) is 2. The Morgan fingerprint density at radius 1 is 1.12 bits per heavy atom. The maximum absolute atomic E-state index is 13.6. The second-order valence-electron chi connectivity index (χ2n) is 5.56. The lowest BCUT2D eigenvalue weighted by atomic mass is 10.1. The highest BCUT2D eigenvalue weighted by Gasteiger charge is 2.13. The van der Waals surface area contributed by atoms with Crippen LogP contribution in [0.4, 0.5) is 10.1 Å². The van der Waals surface area contributed by atoms with Crippen LogP contribution in [0.25, 0.3) is 21.9 Å². The van der Waals surface area contributed by atoms with E-state index < -0.39 is 5.82 Å². The van der Waals surface area contributed by atoms with Crippen molar-refractivity contribution < 1.29 is 9.18 Å². The lowest BCUT2D eigenvalue weighted by Gasteiger charge is -2.09. The lowest BCUT2D eigenvalue weighted by Crippen LogP contribution is -2.13. The number of anilines is 1. The maximum atomic E-state index is 13.6. The van der Waals surface area contributed by atoms with Crippen LogP contribution < -0.4 is 5.32 Å². The number of H-pyrrole nitrogens is 1. The van der Waals surface area contributed by atoms with Crippen molar-refractivity contribution in [2.45, 2.75) is 6.92 Å². The zero-order chi connectivity index (χ0) is 16.7. The van der Waals surface area contributed by atoms with Crippen LogP contribution >= 0.6 is 0 Å². The lowest BCUT2D eigenvalue weighted by molar-refractivity contribution is 0.102. The number of halogens is 1. The Hall–Kier alpha value is -3.28. The molecule has 2 aromatic carbocycles. The molecular weight excluding hydrogens is 307 g/mol. The van der Waals surface area contributed by atoms with Gasteiger partial charge in [0.1, 0.15) is 5.82 Å². The molecule has 0 spiro atoms. The van der Waals surface area contributed by atoms with Gasteiger partial charge in [0, 0.05) is 16.8 Å². The van der Waals surface area contributed by atoms with E-state index in [2.05, 4.69) is 20.3 Å². The van der Waals surface area contributed by atoms with Crippen LogP contribution in [0.1, 0.15) is 16.1 Å². The number of rotatable bonds is 2. The van der Waals surface area contributed by atoms with Gasteiger partial charge in [0.2, 0.25) is 0 Å². The first-order chi connectivity index (χ1) is 11.6. The number of pyridine rings is 1. The number of aryl methyl sites for hydroxylation is 1. The van der Waals surface area contributed by atoms with Crippen molar-refractivity contribution in [3.8, 4) is 0 Å². The van der Waals surface area contributed by atoms with Gasteiger partial charge >= 0.3 is 0 Å². The van der Waals surface area contributed by atoms with Crippen LogP contribution in [0.2, 0.25) is 0 Å². The number of carbonyl (C=O) groups excluding carboxylic acids is 1. The predicted molar refractivity (Wildman–Crippen MR) is 90.5 cm³/mol. The van der Waals surface area contributed by atoms with Crippen LogP contribution in [0.3, 0.4) is 0 Å². The van der Waals surface area contributed by atoms with Gasteiger partial charge in [-0.05, 0) is 49.4 Å². The molecule has 0 aliphatic carbocycles. The Bertz CT molecular complexity index is 1090. The van der Waals surface area contributed by atoms with Gasteiger partial charge in [-0.25, -0.2) is 9.37 Å². The number of hydrogen-bond acceptors (Lipinski definition) is 3. The molecule has 4 aromatic rings. The molecule has 0 aliphatic rings. The largest absolute Gasteiger partial charge is 0.345 e. The first kappa shape index (κ1) is 14.3. The van der Waals surface area contributed by atoms with E-state index in [9.17, 15) is 9.18 Å². The SMILES string of the molecule is Cc1cc(C(=O)Nc2ccc3nc[nH]c3c2)c2cc(F)ccc2n1. The summed E-state index contributed by atoms with van der Waals surface area (Å²) in [6.07, 6.45) is 1.60. The van der Waals surface area contributed by atoms with E-state index in [1.54, 1.807) is 37.5 Å². The number of amides is 1. The molecular formula is C18H13FN4O. The monoisotopic (exact) mass is 320 g/mol. The summed E-state index contributed by atoms with van der Waals surface area (Å²) in [6.45, 7) is 1.80. The third kappa shape index (κ3) is 2.48. The summed E-state index contributed by atoms with van der Waals surface area (Å²) in [5.74, 6) is -0.712. The smallest absolute Gasteiger partial charge is 0.256 e. The van der Waals surface area contributed by atoms with Gasteiger partial charge in [0.05, 0.1) is 28.4 Å². The second-order valence-corrected chi connectivity index (χ2v) is 5.56. The molecule has 0 saturated heterocycles. The van der Waals surface area contributed by atoms with Crippen molar-refractivity contribution in [2.24, 2.45) is 0 Å². The molecule has 0 fully saturated rings. The Balaban J connectivity index is 1.75. The fourth-order valence-corrected chi connectivity index (χ4v) is 2.73. The van der Waals surface area contributed by atoms with Crippen molar-refractivity contribution >= 4 is 33.5 Å². The van der Waals surface area contributed by atoms with Crippen molar-refractivity contribution in [1.82, 2.24) is 15.0 Å². The first-order valence-corrected chi connectivity index (χ1v) is 7.41. The predicted octanol–water partition coefficient (Wildman–Crippen LogP) is 3.81. The van der Waals surface area contributed by atoms with E-state index in [0.29, 0.717) is 27.8 Å². The molecule has 0 bridgehead atoms. The average molecular weight is 320 g/mol. The van der Waals surface area contributed by atoms with Crippen LogP contribution in [0.15, 0.2) is 48.8 Å². The Labute approximate surface area is 136 Å². The van der Waals surface area contributed by atoms with Gasteiger partial charge in [0.25, 0.3) is 5.91 Å². The van der Waals surface area contributed by atoms with Crippen LogP contribution in [-0.4, -0.2) is 20.9 Å². The molecule has 0 atom stereocenters. The summed E-state index contributed by atoms with van der Waals surface area (Å²) in [5, 5.41) is 3.33. The molecule has 0 radical (unpaired) electrons. The third-order valence-electron chi connectivity index (χ3n) is 3.82. The minimum atomic E-state index is -0.402. The topological polar surface area (TPSA) is 70.7 Å². The number of carbonyl (C=O) groups is 1. The van der Waals surface area contributed by atoms with E-state index in [0.717, 1.165) is 11.0 Å². The summed E-state index contributed by atoms with van der Waals surface area (Å²) in [6, 6.07) is 11.3. The molecule has 2 heterocycles. The van der Waals surface area contributed by atoms with E-state index >= 15 is 0 Å². The molecule has 2 N–H and O–H groups in total. The van der Waals surface area contributed by atoms with E-state index in [1.807, 2.05) is 6.07 Å². The van der Waals surface area contributed by atoms with Gasteiger partial charge in [-0.1, -0.05) is 0 Å². The normalized spacial score (nSPS) is 11.1. The fraction of sp³-hybridized carbons (Fsp3) is 0.0556. The molecule has 0 saturated carbocycles. The van der Waals surface area contributed by atoms with Gasteiger partial charge in [-0.3, -0.25) is 9.78 Å². The highest BCUT2D eigenvalue weighted by molar-refractivity contribution is 6.12. The van der Waals surface area contributed by atoms with Crippen molar-refractivity contribution in [3.05, 3.63) is 65.9 Å². The molecule has 0 unspecified atom stereocenters. The fourth-order valence-electron chi connectivity index (χ4n) is 2.73. The zero-order valence-corrected chi connectivity index (χ0v) is 12.8. The highest BCUT2D eigenvalue weighted by atomic mass is 19.1. The van der Waals surface area contributed by atoms with Gasteiger partial charge in [0.15, 0.2) is 0 Å². The number of imidazole rings is 1. The van der Waals surface area contributed by atoms with Crippen LogP contribution in [-0.2, 0) is 0 Å². The molecule has 118 valence electrons. The first-order valence-electron chi connectivity index (χ1n) is 7.41. The average Bonchev–Trinajstić information content (AvgIpc) is 3.02. The van der Waals surface area contributed by atoms with E-state index in [1.165, 1.54) is 12.1 Å². The number of fused-ring (bicyclic) bond motifs is 2. The number of benzene rings is 2. The van der Waals surface area contributed by atoms with Gasteiger partial charge in [-0.15, -0.1) is 0 Å². The highest BCUT2D eigenvalue weighted by Crippen LogP contribution is 2.22. The Kier molecular flexibility index (Phi) is 3.23. The van der Waals surface area contributed by atoms with E-state index in [-0.39, 0.29) is 5.91 Å². The molecule has 4 rings (SSSR count). The molecule has 2 aromatic heterocycles. The number of aromatic nitrogens is 3. The molecule has 5 nitrogen and oxygen atoms in total. The zero-order valence-electron chi connectivity index (χ0n) is 12.8. The van der Waals surface area contributed by atoms with Crippen LogP contribution in [0.5, 0.6) is 0 Å². The van der Waals surface area contributed by atoms with Crippen molar-refractivity contribution in [1.29, 1.82) is 0 Å². The molecule has 6 heteroatoms. The van der Waals surface area contributed by atoms with Crippen molar-refractivity contribution in [2.75, 3.05) is 5.32 Å². The standard InChI is InChI=1S/C18H13FN4O/c1-10-6-14(13-7-11(19)2-4-15(13)22-10)18(24)23-12-3-5-16-17(8-12)21-9-20-16/h2-9H,1H3,(H,20,21)(H,23,24). The van der Waals surface area contributed by atoms with Gasteiger partial charge in [-0.2, -0.15) is 0 Å². The van der Waals surface area contributed by atoms with E-state index in [4.69, 9.17) is 0 Å². The number of aromatic amines is 1. The van der Waals surface area contributed by atoms with Crippen LogP contribution in [0, 0.1) is 12.7 Å². The van der Waals surface area contributed by atoms with Gasteiger partial charge < -0.3 is 10.3 Å². The molecule has 1 amide bonds. The Morgan fingerprint density at radius 2 is 1.96 bits per heavy atom. The maximum Gasteiger partial charge on any atom is 0.256 e. The molecule has 24 heavy (non-hydrogen) atoms. The minimum Gasteiger partial charge on any atom is -0.345 e. The third-order valence-corrected chi connectivity index (χ3v) is 3.82. The number of nitrogens with zero attached hydrogens (tertiary/aromatic N) is 2. The summed E-state index contributed by atoms with van der Waals surface area (Å²) in [7, 11) is 0. The molecule has 0 aliphatic heterocycles. The second kappa shape index (κ2) is 5.42. The Morgan fingerprint density at radius 3 is 2.83 bits per heavy atom. The van der Waals surface area contributed by atoms with Crippen molar-refractivity contribution in [3.63, 3.8) is 0 Å². The summed E-state index contributed by atoms with van der Waals surface area (Å²) >= 11 is 0. The summed E-state index contributed by atoms with van der Waals surface area (Å²) in [5.41, 5.74) is 3.96. The number of nitrogens with one attached hydrogen (secondary N) is 2. The quantitative estimate of drug-likeness (QED) is 0.590. The summed E-state index contributed by atoms with van der Waals surface area (Å²) < 4.78 is 13.6. The minimum absolute atomic E-state index is 0.310.